The number of halogens is 2. The summed E-state index contributed by atoms with van der Waals surface area (Å²) in [6, 6.07) is 0. The van der Waals surface area contributed by atoms with E-state index < -0.39 is 6.55 Å². The summed E-state index contributed by atoms with van der Waals surface area (Å²) in [4.78, 5) is 0.417. The van der Waals surface area contributed by atoms with Crippen LogP contribution in [0, 0.1) is 0 Å². The van der Waals surface area contributed by atoms with Crippen LogP contribution in [-0.4, -0.2) is 15.0 Å². The third-order valence-electron chi connectivity index (χ3n) is 1.45. The summed E-state index contributed by atoms with van der Waals surface area (Å²) in [5.41, 5.74) is 0.343. The Morgan fingerprint density at radius 2 is 2.00 bits per heavy atom. The molecule has 0 aromatic carbocycles. The molecule has 0 saturated heterocycles. The fraction of sp³-hybridized carbons (Fsp3) is 0.714. The van der Waals surface area contributed by atoms with Crippen LogP contribution in [0.2, 0.25) is 0 Å². The number of rotatable bonds is 1. The maximum absolute atomic E-state index is 12.0. The van der Waals surface area contributed by atoms with E-state index in [9.17, 15) is 8.78 Å². The molecule has 0 saturated carbocycles. The molecular weight excluding hydrogens is 164 g/mol. The first-order chi connectivity index (χ1) is 5.41. The van der Waals surface area contributed by atoms with Gasteiger partial charge in [-0.25, -0.2) is 0 Å². The van der Waals surface area contributed by atoms with Crippen LogP contribution in [0.5, 0.6) is 0 Å². The minimum Gasteiger partial charge on any atom is -0.182 e. The number of alkyl halides is 2. The zero-order valence-electron chi connectivity index (χ0n) is 7.25. The van der Waals surface area contributed by atoms with Gasteiger partial charge in [-0.2, -0.15) is 19.0 Å². The lowest BCUT2D eigenvalue weighted by Gasteiger charge is -2.13. The summed E-state index contributed by atoms with van der Waals surface area (Å²) < 4.78 is 24.0. The summed E-state index contributed by atoms with van der Waals surface area (Å²) in [6.07, 6.45) is 1.37. The minimum absolute atomic E-state index is 0.229. The number of nitrogens with zero attached hydrogens (tertiary/aromatic N) is 3. The van der Waals surface area contributed by atoms with E-state index in [-0.39, 0.29) is 5.41 Å². The van der Waals surface area contributed by atoms with E-state index in [2.05, 4.69) is 10.2 Å². The van der Waals surface area contributed by atoms with Gasteiger partial charge in [-0.15, -0.1) is 4.80 Å². The molecule has 0 amide bonds. The molecule has 1 rings (SSSR count). The molecule has 0 radical (unpaired) electrons. The highest BCUT2D eigenvalue weighted by Gasteiger charge is 2.19. The van der Waals surface area contributed by atoms with E-state index in [4.69, 9.17) is 0 Å². The fourth-order valence-corrected chi connectivity index (χ4v) is 0.714. The fourth-order valence-electron chi connectivity index (χ4n) is 0.714. The number of aromatic nitrogens is 3. The topological polar surface area (TPSA) is 30.7 Å². The molecule has 0 bridgehead atoms. The van der Waals surface area contributed by atoms with Crippen LogP contribution < -0.4 is 0 Å². The molecular formula is C7H11F2N3. The molecule has 0 unspecified atom stereocenters. The smallest absolute Gasteiger partial charge is 0.182 e. The molecule has 1 aromatic heterocycles. The summed E-state index contributed by atoms with van der Waals surface area (Å²) in [5, 5.41) is 7.07. The molecule has 1 aromatic rings. The van der Waals surface area contributed by atoms with Crippen molar-refractivity contribution in [3.8, 4) is 0 Å². The van der Waals surface area contributed by atoms with Gasteiger partial charge < -0.3 is 0 Å². The Hall–Kier alpha value is -1.00. The molecule has 0 N–H and O–H groups in total. The first-order valence-electron chi connectivity index (χ1n) is 3.62. The monoisotopic (exact) mass is 175 g/mol. The molecule has 0 fully saturated rings. The quantitative estimate of drug-likeness (QED) is 0.653. The molecule has 1 heterocycles. The predicted octanol–water partition coefficient (Wildman–Crippen LogP) is 1.97. The Morgan fingerprint density at radius 1 is 1.42 bits per heavy atom. The number of hydrogen-bond acceptors (Lipinski definition) is 2. The maximum atomic E-state index is 12.0. The van der Waals surface area contributed by atoms with Crippen LogP contribution in [0.3, 0.4) is 0 Å². The van der Waals surface area contributed by atoms with Crippen LogP contribution in [0.15, 0.2) is 6.20 Å². The van der Waals surface area contributed by atoms with E-state index in [0.717, 1.165) is 0 Å². The van der Waals surface area contributed by atoms with E-state index in [1.165, 1.54) is 6.20 Å². The van der Waals surface area contributed by atoms with Crippen molar-refractivity contribution in [1.82, 2.24) is 15.0 Å². The van der Waals surface area contributed by atoms with E-state index in [0.29, 0.717) is 10.5 Å². The molecule has 5 heteroatoms. The van der Waals surface area contributed by atoms with Crippen LogP contribution in [0.1, 0.15) is 33.0 Å². The molecule has 0 aliphatic heterocycles. The molecule has 0 aliphatic rings. The summed E-state index contributed by atoms with van der Waals surface area (Å²) in [5.74, 6) is 0. The van der Waals surface area contributed by atoms with Crippen LogP contribution in [-0.2, 0) is 5.41 Å². The molecule has 12 heavy (non-hydrogen) atoms. The normalized spacial score (nSPS) is 12.5. The van der Waals surface area contributed by atoms with Crippen molar-refractivity contribution in [1.29, 1.82) is 0 Å². The third-order valence-corrected chi connectivity index (χ3v) is 1.45. The summed E-state index contributed by atoms with van der Waals surface area (Å²) in [7, 11) is 0. The Labute approximate surface area is 69.4 Å². The summed E-state index contributed by atoms with van der Waals surface area (Å²) in [6.45, 7) is 3.04. The second kappa shape index (κ2) is 2.80. The molecule has 0 aliphatic carbocycles. The molecule has 0 spiro atoms. The van der Waals surface area contributed by atoms with Gasteiger partial charge in [-0.05, 0) is 0 Å². The zero-order valence-corrected chi connectivity index (χ0v) is 7.25. The standard InChI is InChI=1S/C7H11F2N3/c1-7(2,3)5-4-10-12(11-5)6(8)9/h4,6H,1-3H3. The Balaban J connectivity index is 2.92. The van der Waals surface area contributed by atoms with Crippen LogP contribution in [0.4, 0.5) is 8.78 Å². The lowest BCUT2D eigenvalue weighted by Crippen LogP contribution is -2.13. The van der Waals surface area contributed by atoms with Crippen molar-refractivity contribution in [3.63, 3.8) is 0 Å². The van der Waals surface area contributed by atoms with Gasteiger partial charge in [0.05, 0.1) is 11.9 Å². The van der Waals surface area contributed by atoms with Crippen molar-refractivity contribution >= 4 is 0 Å². The van der Waals surface area contributed by atoms with Crippen molar-refractivity contribution in [2.24, 2.45) is 0 Å². The van der Waals surface area contributed by atoms with Gasteiger partial charge in [0.15, 0.2) is 0 Å². The van der Waals surface area contributed by atoms with Gasteiger partial charge >= 0.3 is 6.55 Å². The predicted molar refractivity (Wildman–Crippen MR) is 40.0 cm³/mol. The van der Waals surface area contributed by atoms with Gasteiger partial charge in [0.25, 0.3) is 0 Å². The van der Waals surface area contributed by atoms with Crippen molar-refractivity contribution < 1.29 is 8.78 Å². The van der Waals surface area contributed by atoms with Gasteiger partial charge in [0.1, 0.15) is 0 Å². The van der Waals surface area contributed by atoms with E-state index >= 15 is 0 Å². The Kier molecular flexibility index (Phi) is 2.12. The van der Waals surface area contributed by atoms with Crippen LogP contribution >= 0.6 is 0 Å². The van der Waals surface area contributed by atoms with E-state index in [1.54, 1.807) is 0 Å². The van der Waals surface area contributed by atoms with Crippen molar-refractivity contribution in [3.05, 3.63) is 11.9 Å². The Morgan fingerprint density at radius 3 is 2.25 bits per heavy atom. The number of hydrogen-bond donors (Lipinski definition) is 0. The van der Waals surface area contributed by atoms with Crippen molar-refractivity contribution in [2.45, 2.75) is 32.7 Å². The van der Waals surface area contributed by atoms with Crippen molar-refractivity contribution in [2.75, 3.05) is 0 Å². The first-order valence-corrected chi connectivity index (χ1v) is 3.62. The Bertz CT molecular complexity index is 262. The first kappa shape index (κ1) is 9.09. The molecule has 3 nitrogen and oxygen atoms in total. The van der Waals surface area contributed by atoms with Crippen LogP contribution in [0.25, 0.3) is 0 Å². The van der Waals surface area contributed by atoms with Gasteiger partial charge in [0.2, 0.25) is 0 Å². The minimum atomic E-state index is -2.65. The SMILES string of the molecule is CC(C)(C)c1cnn(C(F)F)n1. The summed E-state index contributed by atoms with van der Waals surface area (Å²) >= 11 is 0. The van der Waals surface area contributed by atoms with E-state index in [1.807, 2.05) is 20.8 Å². The third kappa shape index (κ3) is 1.78. The average Bonchev–Trinajstić information content (AvgIpc) is 2.30. The second-order valence-corrected chi connectivity index (χ2v) is 3.58. The molecule has 68 valence electrons. The molecule has 0 atom stereocenters. The highest BCUT2D eigenvalue weighted by molar-refractivity contribution is 5.05. The lowest BCUT2D eigenvalue weighted by atomic mass is 9.93. The average molecular weight is 175 g/mol. The van der Waals surface area contributed by atoms with Gasteiger partial charge in [0, 0.05) is 5.41 Å². The largest absolute Gasteiger partial charge is 0.348 e. The lowest BCUT2D eigenvalue weighted by molar-refractivity contribution is 0.0407. The zero-order chi connectivity index (χ0) is 9.35. The highest BCUT2D eigenvalue weighted by atomic mass is 19.3. The highest BCUT2D eigenvalue weighted by Crippen LogP contribution is 2.19. The van der Waals surface area contributed by atoms with Gasteiger partial charge in [-0.1, -0.05) is 20.8 Å². The van der Waals surface area contributed by atoms with Gasteiger partial charge in [-0.3, -0.25) is 0 Å². The second-order valence-electron chi connectivity index (χ2n) is 3.58. The maximum Gasteiger partial charge on any atom is 0.348 e.